The van der Waals surface area contributed by atoms with Crippen molar-refractivity contribution in [2.45, 2.75) is 12.8 Å². The first-order valence-corrected chi connectivity index (χ1v) is 6.04. The van der Waals surface area contributed by atoms with E-state index in [0.29, 0.717) is 10.2 Å². The zero-order valence-corrected chi connectivity index (χ0v) is 9.92. The molecule has 1 aliphatic heterocycles. The second-order valence-corrected chi connectivity index (χ2v) is 5.26. The molecule has 5 nitrogen and oxygen atoms in total. The normalized spacial score (nSPS) is 22.3. The van der Waals surface area contributed by atoms with Gasteiger partial charge in [-0.25, -0.2) is 4.98 Å². The van der Waals surface area contributed by atoms with E-state index in [9.17, 15) is 10.1 Å². The molecule has 1 aromatic rings. The van der Waals surface area contributed by atoms with Crippen LogP contribution >= 0.6 is 22.9 Å². The van der Waals surface area contributed by atoms with E-state index in [1.807, 2.05) is 0 Å². The van der Waals surface area contributed by atoms with E-state index >= 15 is 0 Å². The minimum atomic E-state index is -0.416. The molecule has 0 aliphatic carbocycles. The van der Waals surface area contributed by atoms with E-state index in [-0.39, 0.29) is 5.92 Å². The van der Waals surface area contributed by atoms with Crippen LogP contribution in [0.3, 0.4) is 0 Å². The summed E-state index contributed by atoms with van der Waals surface area (Å²) in [5.74, 6) is 0.182. The van der Waals surface area contributed by atoms with Crippen LogP contribution in [-0.2, 0) is 6.42 Å². The summed E-state index contributed by atoms with van der Waals surface area (Å²) in [6.45, 7) is 0.789. The average molecular weight is 260 g/mol. The molecule has 0 saturated carbocycles. The van der Waals surface area contributed by atoms with Crippen LogP contribution in [0, 0.1) is 16.0 Å². The Morgan fingerprint density at radius 3 is 3.25 bits per heavy atom. The number of rotatable bonds is 3. The lowest BCUT2D eigenvalue weighted by Crippen LogP contribution is -2.10. The molecule has 0 spiro atoms. The second kappa shape index (κ2) is 4.80. The van der Waals surface area contributed by atoms with Crippen LogP contribution in [0.4, 0.5) is 0 Å². The number of hydrogen-bond acceptors (Lipinski definition) is 5. The molecule has 0 bridgehead atoms. The first kappa shape index (κ1) is 11.3. The maximum absolute atomic E-state index is 10.4. The van der Waals surface area contributed by atoms with Gasteiger partial charge in [0.2, 0.25) is 0 Å². The molecule has 1 N–H and O–H groups in total. The second-order valence-electron chi connectivity index (χ2n) is 3.57. The number of nitrogens with one attached hydrogen (secondary N) is 1. The quantitative estimate of drug-likeness (QED) is 0.666. The fourth-order valence-electron chi connectivity index (χ4n) is 1.79. The number of halogens is 1. The highest BCUT2D eigenvalue weighted by molar-refractivity contribution is 7.15. The molecule has 1 unspecified atom stereocenters. The van der Waals surface area contributed by atoms with Crippen molar-refractivity contribution in [2.75, 3.05) is 6.54 Å². The average Bonchev–Trinajstić information content (AvgIpc) is 2.77. The van der Waals surface area contributed by atoms with Crippen molar-refractivity contribution in [3.8, 4) is 0 Å². The van der Waals surface area contributed by atoms with Crippen molar-refractivity contribution in [1.29, 1.82) is 0 Å². The SMILES string of the molecule is O=[N+]([O-])/C=C1\NCCC1Cc1cnc(Cl)s1. The molecule has 2 rings (SSSR count). The molecule has 1 fully saturated rings. The molecule has 16 heavy (non-hydrogen) atoms. The van der Waals surface area contributed by atoms with E-state index in [2.05, 4.69) is 10.3 Å². The van der Waals surface area contributed by atoms with Gasteiger partial charge in [0.15, 0.2) is 4.47 Å². The van der Waals surface area contributed by atoms with Crippen molar-refractivity contribution in [1.82, 2.24) is 10.3 Å². The van der Waals surface area contributed by atoms with Crippen LogP contribution in [0.15, 0.2) is 18.1 Å². The molecule has 7 heteroatoms. The monoisotopic (exact) mass is 259 g/mol. The molecule has 2 heterocycles. The lowest BCUT2D eigenvalue weighted by molar-refractivity contribution is -0.404. The van der Waals surface area contributed by atoms with Gasteiger partial charge in [0, 0.05) is 23.5 Å². The van der Waals surface area contributed by atoms with Crippen LogP contribution in [-0.4, -0.2) is 16.5 Å². The van der Waals surface area contributed by atoms with Crippen molar-refractivity contribution < 1.29 is 4.92 Å². The number of thiazole rings is 1. The Balaban J connectivity index is 2.06. The number of nitro groups is 1. The van der Waals surface area contributed by atoms with Gasteiger partial charge in [0.25, 0.3) is 6.20 Å². The summed E-state index contributed by atoms with van der Waals surface area (Å²) in [6, 6.07) is 0. The molecular formula is C9H10ClN3O2S. The van der Waals surface area contributed by atoms with E-state index in [4.69, 9.17) is 11.6 Å². The largest absolute Gasteiger partial charge is 0.383 e. The van der Waals surface area contributed by atoms with Crippen LogP contribution in [0.5, 0.6) is 0 Å². The lowest BCUT2D eigenvalue weighted by Gasteiger charge is -2.06. The first-order valence-electron chi connectivity index (χ1n) is 4.84. The molecule has 1 saturated heterocycles. The minimum absolute atomic E-state index is 0.182. The topological polar surface area (TPSA) is 68.1 Å². The highest BCUT2D eigenvalue weighted by Gasteiger charge is 2.24. The summed E-state index contributed by atoms with van der Waals surface area (Å²) in [6.07, 6.45) is 4.46. The summed E-state index contributed by atoms with van der Waals surface area (Å²) in [5, 5.41) is 13.5. The smallest absolute Gasteiger partial charge is 0.253 e. The van der Waals surface area contributed by atoms with Gasteiger partial charge in [-0.2, -0.15) is 0 Å². The van der Waals surface area contributed by atoms with Crippen molar-refractivity contribution in [2.24, 2.45) is 5.92 Å². The Hall–Kier alpha value is -1.14. The van der Waals surface area contributed by atoms with Crippen molar-refractivity contribution >= 4 is 22.9 Å². The number of aromatic nitrogens is 1. The zero-order chi connectivity index (χ0) is 11.5. The van der Waals surface area contributed by atoms with E-state index in [1.54, 1.807) is 6.20 Å². The summed E-state index contributed by atoms with van der Waals surface area (Å²) < 4.78 is 0.515. The Bertz CT molecular complexity index is 432. The Morgan fingerprint density at radius 1 is 1.81 bits per heavy atom. The summed E-state index contributed by atoms with van der Waals surface area (Å²) >= 11 is 7.16. The molecule has 0 amide bonds. The predicted octanol–water partition coefficient (Wildman–Crippen LogP) is 2.07. The van der Waals surface area contributed by atoms with Crippen LogP contribution in [0.2, 0.25) is 4.47 Å². The van der Waals surface area contributed by atoms with E-state index < -0.39 is 4.92 Å². The first-order chi connectivity index (χ1) is 7.65. The third-order valence-electron chi connectivity index (χ3n) is 2.48. The van der Waals surface area contributed by atoms with E-state index in [1.165, 1.54) is 11.3 Å². The van der Waals surface area contributed by atoms with Gasteiger partial charge in [-0.1, -0.05) is 11.6 Å². The van der Waals surface area contributed by atoms with Gasteiger partial charge in [0.05, 0.1) is 10.6 Å². The summed E-state index contributed by atoms with van der Waals surface area (Å²) in [7, 11) is 0. The highest BCUT2D eigenvalue weighted by Crippen LogP contribution is 2.27. The molecule has 1 aliphatic rings. The van der Waals surface area contributed by atoms with Crippen LogP contribution < -0.4 is 5.32 Å². The lowest BCUT2D eigenvalue weighted by atomic mass is 10.0. The molecule has 1 aromatic heterocycles. The minimum Gasteiger partial charge on any atom is -0.383 e. The van der Waals surface area contributed by atoms with Gasteiger partial charge in [0.1, 0.15) is 0 Å². The standard InChI is InChI=1S/C9H10ClN3O2S/c10-9-12-4-7(16-9)3-6-1-2-11-8(6)5-13(14)15/h4-6,11H,1-3H2/b8-5-. The van der Waals surface area contributed by atoms with Gasteiger partial charge in [-0.15, -0.1) is 11.3 Å². The van der Waals surface area contributed by atoms with Gasteiger partial charge < -0.3 is 5.32 Å². The molecule has 86 valence electrons. The number of nitrogens with zero attached hydrogens (tertiary/aromatic N) is 2. The fraction of sp³-hybridized carbons (Fsp3) is 0.444. The maximum Gasteiger partial charge on any atom is 0.253 e. The van der Waals surface area contributed by atoms with E-state index in [0.717, 1.165) is 30.5 Å². The van der Waals surface area contributed by atoms with Crippen molar-refractivity contribution in [3.63, 3.8) is 0 Å². The highest BCUT2D eigenvalue weighted by atomic mass is 35.5. The van der Waals surface area contributed by atoms with Gasteiger partial charge in [-0.3, -0.25) is 10.1 Å². The third-order valence-corrected chi connectivity index (χ3v) is 3.62. The molecule has 0 radical (unpaired) electrons. The Labute approximate surface area is 101 Å². The molecular weight excluding hydrogens is 250 g/mol. The van der Waals surface area contributed by atoms with Gasteiger partial charge >= 0.3 is 0 Å². The summed E-state index contributed by atoms with van der Waals surface area (Å²) in [4.78, 5) is 15.0. The summed E-state index contributed by atoms with van der Waals surface area (Å²) in [5.41, 5.74) is 0.703. The Morgan fingerprint density at radius 2 is 2.62 bits per heavy atom. The zero-order valence-electron chi connectivity index (χ0n) is 8.35. The van der Waals surface area contributed by atoms with Crippen LogP contribution in [0.25, 0.3) is 0 Å². The fourth-order valence-corrected chi connectivity index (χ4v) is 2.85. The number of allylic oxidation sites excluding steroid dienone is 1. The molecule has 1 atom stereocenters. The third kappa shape index (κ3) is 2.70. The Kier molecular flexibility index (Phi) is 3.40. The number of hydrogen-bond donors (Lipinski definition) is 1. The predicted molar refractivity (Wildman–Crippen MR) is 62.0 cm³/mol. The van der Waals surface area contributed by atoms with Crippen LogP contribution in [0.1, 0.15) is 11.3 Å². The van der Waals surface area contributed by atoms with Crippen molar-refractivity contribution in [3.05, 3.63) is 37.6 Å². The van der Waals surface area contributed by atoms with Gasteiger partial charge in [-0.05, 0) is 12.8 Å². The molecule has 0 aromatic carbocycles. The maximum atomic E-state index is 10.4.